The molecule has 0 amide bonds. The van der Waals surface area contributed by atoms with Crippen molar-refractivity contribution in [3.8, 4) is 0 Å². The minimum Gasteiger partial charge on any atom is -0.394 e. The molecule has 3 saturated heterocycles. The van der Waals surface area contributed by atoms with Crippen molar-refractivity contribution in [3.05, 3.63) is 23.3 Å². The minimum absolute atomic E-state index is 0.00352. The van der Waals surface area contributed by atoms with E-state index in [1.165, 1.54) is 0 Å². The van der Waals surface area contributed by atoms with Gasteiger partial charge in [0.05, 0.1) is 44.2 Å². The van der Waals surface area contributed by atoms with Gasteiger partial charge in [0.15, 0.2) is 18.9 Å². The van der Waals surface area contributed by atoms with Gasteiger partial charge in [0.25, 0.3) is 0 Å². The number of allylic oxidation sites excluding steroid dienone is 2. The van der Waals surface area contributed by atoms with Crippen LogP contribution >= 0.6 is 0 Å². The van der Waals surface area contributed by atoms with E-state index in [-0.39, 0.29) is 36.0 Å². The van der Waals surface area contributed by atoms with Gasteiger partial charge in [0, 0.05) is 11.8 Å². The second-order valence-corrected chi connectivity index (χ2v) is 20.5. The molecule has 6 fully saturated rings. The first kappa shape index (κ1) is 50.6. The maximum absolute atomic E-state index is 11.7. The molecule has 64 heavy (non-hydrogen) atoms. The zero-order valence-corrected chi connectivity index (χ0v) is 37.3. The Bertz CT molecular complexity index is 1630. The molecule has 0 aromatic rings. The second kappa shape index (κ2) is 20.0. The van der Waals surface area contributed by atoms with E-state index in [0.29, 0.717) is 38.5 Å². The summed E-state index contributed by atoms with van der Waals surface area (Å²) in [4.78, 5) is 0. The summed E-state index contributed by atoms with van der Waals surface area (Å²) in [6, 6.07) is 0. The van der Waals surface area contributed by atoms with Gasteiger partial charge in [-0.25, -0.2) is 0 Å². The zero-order valence-electron chi connectivity index (χ0n) is 37.3. The number of rotatable bonds is 13. The molecule has 19 heteroatoms. The van der Waals surface area contributed by atoms with E-state index in [1.54, 1.807) is 0 Å². The summed E-state index contributed by atoms with van der Waals surface area (Å²) >= 11 is 0. The van der Waals surface area contributed by atoms with Gasteiger partial charge in [-0.2, -0.15) is 0 Å². The lowest BCUT2D eigenvalue weighted by Crippen LogP contribution is -2.63. The van der Waals surface area contributed by atoms with Gasteiger partial charge >= 0.3 is 0 Å². The van der Waals surface area contributed by atoms with E-state index in [1.807, 2.05) is 26.8 Å². The number of ether oxygens (including phenoxy) is 6. The standard InChI is InChI=1S/C45H74O19/c1-18(2)6-9-25(49)19(3)31-26(60-42-39(57)36(54)33(51)28(16-47)62-42)14-24-22-8-7-20-12-21(48)13-30(45(20,5)23(22)10-11-44(24,31)4)64-43-40(58)37(55)34(52)29(63-43)17-59-41-38(56)35(53)32(50)27(15-46)61-41/h6-7,19,21-43,46-58H,8-17H2,1-5H3/t19-,21-,22-,23+,24+,25+,26+,27-,28-,29-,30-,31+,32-,33-,34-,35+,36+,37+,38-,39-,40-,41-,42-,43+,44+,45+/m1/s1. The maximum Gasteiger partial charge on any atom is 0.187 e. The normalized spacial score (nSPS) is 51.6. The third-order valence-electron chi connectivity index (χ3n) is 16.6. The number of hydrogen-bond acceptors (Lipinski definition) is 19. The molecular formula is C45H74O19. The molecule has 3 saturated carbocycles. The lowest BCUT2D eigenvalue weighted by Gasteiger charge is -2.60. The smallest absolute Gasteiger partial charge is 0.187 e. The summed E-state index contributed by atoms with van der Waals surface area (Å²) in [5.74, 6) is -0.518. The van der Waals surface area contributed by atoms with Crippen molar-refractivity contribution in [1.29, 1.82) is 0 Å². The highest BCUT2D eigenvalue weighted by atomic mass is 16.7. The first-order valence-corrected chi connectivity index (χ1v) is 23.1. The van der Waals surface area contributed by atoms with Gasteiger partial charge < -0.3 is 94.8 Å². The Morgan fingerprint density at radius 2 is 1.28 bits per heavy atom. The monoisotopic (exact) mass is 918 g/mol. The molecule has 0 aromatic heterocycles. The van der Waals surface area contributed by atoms with Crippen LogP contribution in [0.4, 0.5) is 0 Å². The van der Waals surface area contributed by atoms with Gasteiger partial charge in [0.1, 0.15) is 73.2 Å². The van der Waals surface area contributed by atoms with Crippen molar-refractivity contribution in [2.45, 2.75) is 196 Å². The van der Waals surface area contributed by atoms with Crippen LogP contribution in [-0.2, 0) is 28.4 Å². The SMILES string of the molecule is CC(C)=CC[C@H](O)[C@@H](C)[C@H]1[C@@H](O[C@@H]2O[C@H](CO)[C@@H](O)[C@H](O)[C@H]2O)C[C@H]2[C@@H]3CC=C4C[C@@H](O)C[C@@H](O[C@@H]5O[C@H](CO[C@@H]6O[C@H](CO)[C@@H](O)[C@H](O)[C@H]6O)[C@@H](O)[C@H](O)[C@H]5O)[C@]4(C)[C@H]3CC[C@]12C. The predicted octanol–water partition coefficient (Wildman–Crippen LogP) is -2.31. The van der Waals surface area contributed by atoms with Crippen molar-refractivity contribution >= 4 is 0 Å². The molecule has 0 unspecified atom stereocenters. The van der Waals surface area contributed by atoms with Crippen LogP contribution in [0.2, 0.25) is 0 Å². The molecule has 0 aromatic carbocycles. The average Bonchev–Trinajstić information content (AvgIpc) is 3.56. The molecular weight excluding hydrogens is 844 g/mol. The molecule has 3 heterocycles. The zero-order chi connectivity index (χ0) is 46.7. The molecule has 26 atom stereocenters. The van der Waals surface area contributed by atoms with E-state index in [2.05, 4.69) is 19.9 Å². The van der Waals surface area contributed by atoms with Crippen molar-refractivity contribution < 1.29 is 94.8 Å². The number of aliphatic hydroxyl groups excluding tert-OH is 13. The summed E-state index contributed by atoms with van der Waals surface area (Å²) in [6.07, 6.45) is -18.3. The molecule has 4 aliphatic carbocycles. The molecule has 0 bridgehead atoms. The summed E-state index contributed by atoms with van der Waals surface area (Å²) in [7, 11) is 0. The van der Waals surface area contributed by atoms with E-state index < -0.39 is 147 Å². The van der Waals surface area contributed by atoms with Crippen LogP contribution < -0.4 is 0 Å². The number of fused-ring (bicyclic) bond motifs is 5. The fourth-order valence-corrected chi connectivity index (χ4v) is 12.9. The van der Waals surface area contributed by atoms with Crippen LogP contribution in [0.15, 0.2) is 23.3 Å². The molecule has 0 radical (unpaired) electrons. The Morgan fingerprint density at radius 1 is 0.734 bits per heavy atom. The van der Waals surface area contributed by atoms with Crippen LogP contribution in [0.1, 0.15) is 79.6 Å². The van der Waals surface area contributed by atoms with Crippen molar-refractivity contribution in [2.75, 3.05) is 19.8 Å². The predicted molar refractivity (Wildman–Crippen MR) is 221 cm³/mol. The Balaban J connectivity index is 1.13. The third-order valence-corrected chi connectivity index (χ3v) is 16.6. The largest absolute Gasteiger partial charge is 0.394 e. The number of hydrogen-bond donors (Lipinski definition) is 13. The van der Waals surface area contributed by atoms with Gasteiger partial charge in [-0.05, 0) is 87.4 Å². The molecule has 7 aliphatic rings. The Hall–Kier alpha value is -1.28. The lowest BCUT2D eigenvalue weighted by molar-refractivity contribution is -0.342. The van der Waals surface area contributed by atoms with Crippen molar-refractivity contribution in [1.82, 2.24) is 0 Å². The second-order valence-electron chi connectivity index (χ2n) is 20.5. The molecule has 368 valence electrons. The highest BCUT2D eigenvalue weighted by Gasteiger charge is 2.65. The van der Waals surface area contributed by atoms with E-state index in [0.717, 1.165) is 11.1 Å². The summed E-state index contributed by atoms with van der Waals surface area (Å²) < 4.78 is 36.3. The van der Waals surface area contributed by atoms with Gasteiger partial charge in [0.2, 0.25) is 0 Å². The summed E-state index contributed by atoms with van der Waals surface area (Å²) in [6.45, 7) is 8.45. The molecule has 7 rings (SSSR count). The first-order chi connectivity index (χ1) is 30.2. The van der Waals surface area contributed by atoms with Crippen LogP contribution in [0.3, 0.4) is 0 Å². The minimum atomic E-state index is -1.77. The van der Waals surface area contributed by atoms with Crippen molar-refractivity contribution in [2.24, 2.45) is 40.4 Å². The summed E-state index contributed by atoms with van der Waals surface area (Å²) in [5.41, 5.74) is 0.950. The van der Waals surface area contributed by atoms with Gasteiger partial charge in [-0.3, -0.25) is 0 Å². The van der Waals surface area contributed by atoms with Gasteiger partial charge in [-0.15, -0.1) is 0 Å². The Kier molecular flexibility index (Phi) is 15.8. The quantitative estimate of drug-likeness (QED) is 0.0864. The molecule has 19 nitrogen and oxygen atoms in total. The molecule has 0 spiro atoms. The summed E-state index contributed by atoms with van der Waals surface area (Å²) in [5, 5.41) is 139. The van der Waals surface area contributed by atoms with Gasteiger partial charge in [-0.1, -0.05) is 44.1 Å². The fourth-order valence-electron chi connectivity index (χ4n) is 12.9. The van der Waals surface area contributed by atoms with E-state index >= 15 is 0 Å². The fraction of sp³-hybridized carbons (Fsp3) is 0.911. The molecule has 3 aliphatic heterocycles. The van der Waals surface area contributed by atoms with Crippen LogP contribution in [0.5, 0.6) is 0 Å². The average molecular weight is 919 g/mol. The maximum atomic E-state index is 11.7. The third kappa shape index (κ3) is 9.16. The molecule has 13 N–H and O–H groups in total. The highest BCUT2D eigenvalue weighted by molar-refractivity contribution is 5.28. The van der Waals surface area contributed by atoms with E-state index in [9.17, 15) is 66.4 Å². The van der Waals surface area contributed by atoms with Crippen LogP contribution in [0, 0.1) is 40.4 Å². The van der Waals surface area contributed by atoms with E-state index in [4.69, 9.17) is 28.4 Å². The number of aliphatic hydroxyl groups is 13. The highest BCUT2D eigenvalue weighted by Crippen LogP contribution is 2.68. The topological polar surface area (TPSA) is 318 Å². The van der Waals surface area contributed by atoms with Crippen molar-refractivity contribution in [3.63, 3.8) is 0 Å². The van der Waals surface area contributed by atoms with Crippen LogP contribution in [-0.4, -0.2) is 203 Å². The van der Waals surface area contributed by atoms with Crippen LogP contribution in [0.25, 0.3) is 0 Å². The lowest BCUT2D eigenvalue weighted by atomic mass is 9.46. The Labute approximate surface area is 373 Å². The first-order valence-electron chi connectivity index (χ1n) is 23.1. The Morgan fingerprint density at radius 3 is 1.88 bits per heavy atom.